The van der Waals surface area contributed by atoms with Crippen molar-refractivity contribution in [1.82, 2.24) is 4.31 Å². The maximum absolute atomic E-state index is 12.4. The Hall–Kier alpha value is -1.84. The van der Waals surface area contributed by atoms with Crippen molar-refractivity contribution < 1.29 is 17.9 Å². The molecule has 4 N–H and O–H groups in total. The molecule has 0 bridgehead atoms. The zero-order chi connectivity index (χ0) is 15.5. The van der Waals surface area contributed by atoms with Crippen LogP contribution in [-0.2, 0) is 14.9 Å². The number of anilines is 1. The zero-order valence-electron chi connectivity index (χ0n) is 11.6. The van der Waals surface area contributed by atoms with Gasteiger partial charge in [0.25, 0.3) is 0 Å². The number of benzene rings is 1. The first-order valence-electron chi connectivity index (χ1n) is 6.32. The molecule has 0 radical (unpaired) electrons. The second-order valence-electron chi connectivity index (χ2n) is 4.42. The number of nitrogens with two attached hydrogens (primary N) is 1. The molecule has 0 atom stereocenters. The highest BCUT2D eigenvalue weighted by Gasteiger charge is 2.26. The van der Waals surface area contributed by atoms with Crippen molar-refractivity contribution in [1.29, 1.82) is 5.41 Å². The zero-order valence-corrected chi connectivity index (χ0v) is 12.4. The molecule has 0 spiro atoms. The predicted molar refractivity (Wildman–Crippen MR) is 78.9 cm³/mol. The van der Waals surface area contributed by atoms with Crippen LogP contribution >= 0.6 is 0 Å². The number of hydrogen-bond donors (Lipinski definition) is 3. The quantitative estimate of drug-likeness (QED) is 0.521. The molecule has 1 aromatic rings. The van der Waals surface area contributed by atoms with Crippen molar-refractivity contribution >= 4 is 21.7 Å². The van der Waals surface area contributed by atoms with E-state index in [0.29, 0.717) is 19.0 Å². The number of methoxy groups -OCH3 is 1. The van der Waals surface area contributed by atoms with E-state index in [-0.39, 0.29) is 30.2 Å². The first kappa shape index (κ1) is 15.5. The number of hydrogen-bond acceptors (Lipinski definition) is 5. The maximum Gasteiger partial charge on any atom is 0.301 e. The van der Waals surface area contributed by atoms with Crippen molar-refractivity contribution in [3.8, 4) is 5.75 Å². The highest BCUT2D eigenvalue weighted by atomic mass is 32.2. The Labute approximate surface area is 123 Å². The summed E-state index contributed by atoms with van der Waals surface area (Å²) in [5, 5.41) is 7.55. The third-order valence-corrected chi connectivity index (χ3v) is 4.58. The van der Waals surface area contributed by atoms with E-state index in [9.17, 15) is 8.42 Å². The van der Waals surface area contributed by atoms with Gasteiger partial charge in [-0.15, -0.1) is 0 Å². The van der Waals surface area contributed by atoms with E-state index in [1.807, 2.05) is 0 Å². The molecule has 0 saturated carbocycles. The summed E-state index contributed by atoms with van der Waals surface area (Å²) in [7, 11) is -2.33. The van der Waals surface area contributed by atoms with Crippen molar-refractivity contribution in [2.75, 3.05) is 38.1 Å². The Morgan fingerprint density at radius 2 is 2.10 bits per heavy atom. The first-order chi connectivity index (χ1) is 9.95. The second-order valence-corrected chi connectivity index (χ2v) is 6.09. The molecule has 8 nitrogen and oxygen atoms in total. The number of para-hydroxylation sites is 1. The number of nitrogens with one attached hydrogen (secondary N) is 2. The molecule has 0 aromatic heterocycles. The van der Waals surface area contributed by atoms with Crippen molar-refractivity contribution in [3.63, 3.8) is 0 Å². The average molecular weight is 314 g/mol. The number of nitrogens with zero attached hydrogens (tertiary/aromatic N) is 1. The van der Waals surface area contributed by atoms with Gasteiger partial charge in [-0.25, -0.2) is 0 Å². The number of amidine groups is 1. The van der Waals surface area contributed by atoms with Crippen LogP contribution < -0.4 is 15.2 Å². The van der Waals surface area contributed by atoms with E-state index in [4.69, 9.17) is 20.6 Å². The van der Waals surface area contributed by atoms with Crippen LogP contribution in [0.1, 0.15) is 5.56 Å². The van der Waals surface area contributed by atoms with Crippen LogP contribution in [0.2, 0.25) is 0 Å². The number of ether oxygens (including phenoxy) is 2. The fraction of sp³-hybridized carbons (Fsp3) is 0.417. The Kier molecular flexibility index (Phi) is 4.66. The molecule has 1 heterocycles. The van der Waals surface area contributed by atoms with E-state index in [0.717, 1.165) is 0 Å². The van der Waals surface area contributed by atoms with Crippen LogP contribution in [0, 0.1) is 5.41 Å². The molecule has 2 rings (SSSR count). The summed E-state index contributed by atoms with van der Waals surface area (Å²) in [4.78, 5) is 0. The summed E-state index contributed by atoms with van der Waals surface area (Å²) in [6.07, 6.45) is 0. The van der Waals surface area contributed by atoms with Gasteiger partial charge in [0, 0.05) is 18.7 Å². The van der Waals surface area contributed by atoms with Crippen LogP contribution in [0.5, 0.6) is 5.75 Å². The van der Waals surface area contributed by atoms with Crippen molar-refractivity contribution in [2.45, 2.75) is 0 Å². The van der Waals surface area contributed by atoms with E-state index in [2.05, 4.69) is 4.72 Å². The maximum atomic E-state index is 12.4. The first-order valence-corrected chi connectivity index (χ1v) is 7.76. The monoisotopic (exact) mass is 314 g/mol. The van der Waals surface area contributed by atoms with Gasteiger partial charge in [-0.2, -0.15) is 12.7 Å². The fourth-order valence-electron chi connectivity index (χ4n) is 2.01. The molecule has 116 valence electrons. The van der Waals surface area contributed by atoms with Crippen molar-refractivity contribution in [3.05, 3.63) is 23.8 Å². The van der Waals surface area contributed by atoms with E-state index in [1.54, 1.807) is 18.2 Å². The van der Waals surface area contributed by atoms with Gasteiger partial charge in [0.1, 0.15) is 17.3 Å². The summed E-state index contributed by atoms with van der Waals surface area (Å²) in [5.74, 6) is 0.0631. The minimum absolute atomic E-state index is 0.166. The van der Waals surface area contributed by atoms with Crippen molar-refractivity contribution in [2.24, 2.45) is 5.73 Å². The molecule has 1 aromatic carbocycles. The van der Waals surface area contributed by atoms with E-state index < -0.39 is 10.2 Å². The van der Waals surface area contributed by atoms with Crippen LogP contribution in [-0.4, -0.2) is 52.0 Å². The molecule has 0 amide bonds. The van der Waals surface area contributed by atoms with Gasteiger partial charge in [-0.05, 0) is 12.1 Å². The van der Waals surface area contributed by atoms with E-state index >= 15 is 0 Å². The topological polar surface area (TPSA) is 118 Å². The lowest BCUT2D eigenvalue weighted by Gasteiger charge is -2.27. The summed E-state index contributed by atoms with van der Waals surface area (Å²) < 4.78 is 38.8. The Morgan fingerprint density at radius 1 is 1.43 bits per heavy atom. The lowest BCUT2D eigenvalue weighted by molar-refractivity contribution is 0.0733. The molecule has 9 heteroatoms. The Morgan fingerprint density at radius 3 is 2.67 bits per heavy atom. The van der Waals surface area contributed by atoms with Gasteiger partial charge in [0.2, 0.25) is 0 Å². The minimum Gasteiger partial charge on any atom is -0.495 e. The number of nitrogen functional groups attached to an aromatic ring is 1. The molecule has 1 fully saturated rings. The molecule has 21 heavy (non-hydrogen) atoms. The van der Waals surface area contributed by atoms with Crippen LogP contribution in [0.25, 0.3) is 0 Å². The third kappa shape index (κ3) is 3.43. The van der Waals surface area contributed by atoms with Gasteiger partial charge in [-0.3, -0.25) is 10.1 Å². The fourth-order valence-corrected chi connectivity index (χ4v) is 3.24. The minimum atomic E-state index is -3.75. The Balaban J connectivity index is 2.35. The molecular formula is C12H18N4O4S. The lowest BCUT2D eigenvalue weighted by Crippen LogP contribution is -2.43. The smallest absolute Gasteiger partial charge is 0.301 e. The van der Waals surface area contributed by atoms with Gasteiger partial charge >= 0.3 is 10.2 Å². The predicted octanol–water partition coefficient (Wildman–Crippen LogP) is -0.0318. The van der Waals surface area contributed by atoms with Gasteiger partial charge in [-0.1, -0.05) is 6.07 Å². The third-order valence-electron chi connectivity index (χ3n) is 3.08. The summed E-state index contributed by atoms with van der Waals surface area (Å²) in [6, 6.07) is 4.80. The highest BCUT2D eigenvalue weighted by Crippen LogP contribution is 2.29. The molecule has 0 unspecified atom stereocenters. The SMILES string of the molecule is COc1cccc(C(=N)N)c1NS(=O)(=O)N1CCOCC1. The standard InChI is InChI=1S/C12H18N4O4S/c1-19-10-4-2-3-9(12(13)14)11(10)15-21(17,18)16-5-7-20-8-6-16/h2-4,15H,5-8H2,1H3,(H3,13,14). The molecule has 0 aliphatic carbocycles. The lowest BCUT2D eigenvalue weighted by atomic mass is 10.1. The molecule has 1 aliphatic heterocycles. The Bertz CT molecular complexity index is 626. The number of morpholine rings is 1. The van der Waals surface area contributed by atoms with Gasteiger partial charge in [0.05, 0.1) is 20.3 Å². The summed E-state index contributed by atoms with van der Waals surface area (Å²) in [5.41, 5.74) is 5.93. The largest absolute Gasteiger partial charge is 0.495 e. The normalized spacial score (nSPS) is 16.4. The van der Waals surface area contributed by atoms with Crippen LogP contribution in [0.3, 0.4) is 0 Å². The second kappa shape index (κ2) is 6.29. The van der Waals surface area contributed by atoms with E-state index in [1.165, 1.54) is 11.4 Å². The molecule has 1 aliphatic rings. The van der Waals surface area contributed by atoms with Crippen LogP contribution in [0.15, 0.2) is 18.2 Å². The highest BCUT2D eigenvalue weighted by molar-refractivity contribution is 7.90. The summed E-state index contributed by atoms with van der Waals surface area (Å²) >= 11 is 0. The van der Waals surface area contributed by atoms with Gasteiger partial charge < -0.3 is 15.2 Å². The van der Waals surface area contributed by atoms with Crippen LogP contribution in [0.4, 0.5) is 5.69 Å². The molecular weight excluding hydrogens is 296 g/mol. The number of rotatable bonds is 5. The molecule has 1 saturated heterocycles. The summed E-state index contributed by atoms with van der Waals surface area (Å²) in [6.45, 7) is 1.26. The average Bonchev–Trinajstić information content (AvgIpc) is 2.47. The van der Waals surface area contributed by atoms with Gasteiger partial charge in [0.15, 0.2) is 0 Å².